The Morgan fingerprint density at radius 2 is 2.29 bits per heavy atom. The van der Waals surface area contributed by atoms with Crippen LogP contribution >= 0.6 is 11.3 Å². The summed E-state index contributed by atoms with van der Waals surface area (Å²) in [7, 11) is 1.35. The standard InChI is InChI=1S/C12H17NO3S/c1-3-9(7-12(15)16-2)13-11(14)8-10-5-4-6-17-10/h4-6,9H,3,7-8H2,1-2H3,(H,13,14). The maximum Gasteiger partial charge on any atom is 0.307 e. The van der Waals surface area contributed by atoms with Crippen LogP contribution in [0, 0.1) is 0 Å². The van der Waals surface area contributed by atoms with Crippen LogP contribution in [-0.4, -0.2) is 25.0 Å². The van der Waals surface area contributed by atoms with Gasteiger partial charge in [0.25, 0.3) is 0 Å². The third-order valence-corrected chi connectivity index (χ3v) is 3.29. The molecule has 0 radical (unpaired) electrons. The first kappa shape index (κ1) is 13.7. The Bertz CT molecular complexity index is 362. The molecule has 0 aromatic carbocycles. The molecule has 5 heteroatoms. The number of carbonyl (C=O) groups excluding carboxylic acids is 2. The second-order valence-corrected chi connectivity index (χ2v) is 4.74. The molecule has 0 aliphatic carbocycles. The highest BCUT2D eigenvalue weighted by molar-refractivity contribution is 7.10. The van der Waals surface area contributed by atoms with Crippen molar-refractivity contribution in [1.29, 1.82) is 0 Å². The second kappa shape index (κ2) is 7.06. The van der Waals surface area contributed by atoms with Gasteiger partial charge in [-0.15, -0.1) is 11.3 Å². The minimum atomic E-state index is -0.298. The molecular weight excluding hydrogens is 238 g/mol. The van der Waals surface area contributed by atoms with Crippen molar-refractivity contribution in [3.63, 3.8) is 0 Å². The van der Waals surface area contributed by atoms with Gasteiger partial charge < -0.3 is 10.1 Å². The van der Waals surface area contributed by atoms with E-state index < -0.39 is 0 Å². The van der Waals surface area contributed by atoms with Gasteiger partial charge in [-0.25, -0.2) is 0 Å². The van der Waals surface area contributed by atoms with Crippen molar-refractivity contribution in [1.82, 2.24) is 5.32 Å². The Kier molecular flexibility index (Phi) is 5.69. The molecule has 0 fully saturated rings. The lowest BCUT2D eigenvalue weighted by Gasteiger charge is -2.15. The summed E-state index contributed by atoms with van der Waals surface area (Å²) in [5.41, 5.74) is 0. The van der Waals surface area contributed by atoms with E-state index in [2.05, 4.69) is 10.1 Å². The van der Waals surface area contributed by atoms with Crippen molar-refractivity contribution in [3.8, 4) is 0 Å². The van der Waals surface area contributed by atoms with Crippen molar-refractivity contribution in [3.05, 3.63) is 22.4 Å². The fourth-order valence-corrected chi connectivity index (χ4v) is 2.14. The predicted molar refractivity (Wildman–Crippen MR) is 66.9 cm³/mol. The largest absolute Gasteiger partial charge is 0.469 e. The van der Waals surface area contributed by atoms with Gasteiger partial charge in [0.15, 0.2) is 0 Å². The Hall–Kier alpha value is -1.36. The van der Waals surface area contributed by atoms with Crippen LogP contribution in [-0.2, 0) is 20.7 Å². The molecular formula is C12H17NO3S. The van der Waals surface area contributed by atoms with Crippen LogP contribution in [0.5, 0.6) is 0 Å². The molecule has 0 saturated heterocycles. The van der Waals surface area contributed by atoms with Gasteiger partial charge in [-0.1, -0.05) is 13.0 Å². The smallest absolute Gasteiger partial charge is 0.307 e. The topological polar surface area (TPSA) is 55.4 Å². The molecule has 0 saturated carbocycles. The highest BCUT2D eigenvalue weighted by atomic mass is 32.1. The molecule has 0 aliphatic heterocycles. The summed E-state index contributed by atoms with van der Waals surface area (Å²) in [6.45, 7) is 1.93. The van der Waals surface area contributed by atoms with Gasteiger partial charge in [0.2, 0.25) is 5.91 Å². The molecule has 1 amide bonds. The Labute approximate surface area is 105 Å². The fraction of sp³-hybridized carbons (Fsp3) is 0.500. The number of hydrogen-bond donors (Lipinski definition) is 1. The third kappa shape index (κ3) is 4.99. The zero-order chi connectivity index (χ0) is 12.7. The summed E-state index contributed by atoms with van der Waals surface area (Å²) in [6.07, 6.45) is 1.31. The molecule has 17 heavy (non-hydrogen) atoms. The molecule has 1 rings (SSSR count). The van der Waals surface area contributed by atoms with Gasteiger partial charge in [0, 0.05) is 10.9 Å². The summed E-state index contributed by atoms with van der Waals surface area (Å²) < 4.78 is 4.58. The average Bonchev–Trinajstić information content (AvgIpc) is 2.80. The molecule has 4 nitrogen and oxygen atoms in total. The van der Waals surface area contributed by atoms with Crippen LogP contribution in [0.1, 0.15) is 24.6 Å². The van der Waals surface area contributed by atoms with E-state index in [0.29, 0.717) is 12.8 Å². The monoisotopic (exact) mass is 255 g/mol. The van der Waals surface area contributed by atoms with E-state index in [1.807, 2.05) is 24.4 Å². The number of ether oxygens (including phenoxy) is 1. The average molecular weight is 255 g/mol. The van der Waals surface area contributed by atoms with E-state index in [-0.39, 0.29) is 24.3 Å². The van der Waals surface area contributed by atoms with E-state index in [4.69, 9.17) is 0 Å². The van der Waals surface area contributed by atoms with Gasteiger partial charge >= 0.3 is 5.97 Å². The number of thiophene rings is 1. The third-order valence-electron chi connectivity index (χ3n) is 2.41. The van der Waals surface area contributed by atoms with Gasteiger partial charge in [-0.3, -0.25) is 9.59 Å². The molecule has 94 valence electrons. The molecule has 1 unspecified atom stereocenters. The van der Waals surface area contributed by atoms with E-state index in [0.717, 1.165) is 4.88 Å². The minimum Gasteiger partial charge on any atom is -0.469 e. The molecule has 1 aromatic rings. The van der Waals surface area contributed by atoms with Crippen LogP contribution in [0.15, 0.2) is 17.5 Å². The van der Waals surface area contributed by atoms with Crippen molar-refractivity contribution < 1.29 is 14.3 Å². The number of carbonyl (C=O) groups is 2. The lowest BCUT2D eigenvalue weighted by molar-refractivity contribution is -0.141. The maximum atomic E-state index is 11.7. The number of amides is 1. The van der Waals surface area contributed by atoms with Gasteiger partial charge in [-0.05, 0) is 17.9 Å². The van der Waals surface area contributed by atoms with Crippen LogP contribution in [0.2, 0.25) is 0 Å². The number of nitrogens with one attached hydrogen (secondary N) is 1. The molecule has 1 aromatic heterocycles. The first-order valence-corrected chi connectivity index (χ1v) is 6.42. The SMILES string of the molecule is CCC(CC(=O)OC)NC(=O)Cc1cccs1. The molecule has 0 spiro atoms. The van der Waals surface area contributed by atoms with Crippen molar-refractivity contribution >= 4 is 23.2 Å². The summed E-state index contributed by atoms with van der Waals surface area (Å²) >= 11 is 1.55. The zero-order valence-electron chi connectivity index (χ0n) is 10.1. The predicted octanol–water partition coefficient (Wildman–Crippen LogP) is 1.75. The van der Waals surface area contributed by atoms with E-state index in [9.17, 15) is 9.59 Å². The Morgan fingerprint density at radius 1 is 1.53 bits per heavy atom. The summed E-state index contributed by atoms with van der Waals surface area (Å²) in [6, 6.07) is 3.69. The number of hydrogen-bond acceptors (Lipinski definition) is 4. The Balaban J connectivity index is 2.39. The van der Waals surface area contributed by atoms with E-state index in [1.165, 1.54) is 7.11 Å². The molecule has 1 atom stereocenters. The molecule has 1 N–H and O–H groups in total. The van der Waals surface area contributed by atoms with E-state index >= 15 is 0 Å². The number of esters is 1. The summed E-state index contributed by atoms with van der Waals surface area (Å²) in [5, 5.41) is 4.78. The van der Waals surface area contributed by atoms with Crippen LogP contribution in [0.3, 0.4) is 0 Å². The highest BCUT2D eigenvalue weighted by Crippen LogP contribution is 2.09. The van der Waals surface area contributed by atoms with E-state index in [1.54, 1.807) is 11.3 Å². The molecule has 1 heterocycles. The first-order chi connectivity index (χ1) is 8.15. The maximum absolute atomic E-state index is 11.7. The second-order valence-electron chi connectivity index (χ2n) is 3.71. The first-order valence-electron chi connectivity index (χ1n) is 5.54. The number of methoxy groups -OCH3 is 1. The van der Waals surface area contributed by atoms with Crippen molar-refractivity contribution in [2.45, 2.75) is 32.2 Å². The van der Waals surface area contributed by atoms with Crippen LogP contribution in [0.4, 0.5) is 0 Å². The quantitative estimate of drug-likeness (QED) is 0.788. The highest BCUT2D eigenvalue weighted by Gasteiger charge is 2.15. The van der Waals surface area contributed by atoms with Gasteiger partial charge in [-0.2, -0.15) is 0 Å². The van der Waals surface area contributed by atoms with Gasteiger partial charge in [0.05, 0.1) is 20.0 Å². The fourth-order valence-electron chi connectivity index (χ4n) is 1.43. The minimum absolute atomic E-state index is 0.0526. The van der Waals surface area contributed by atoms with Crippen molar-refractivity contribution in [2.24, 2.45) is 0 Å². The lowest BCUT2D eigenvalue weighted by Crippen LogP contribution is -2.37. The zero-order valence-corrected chi connectivity index (χ0v) is 10.9. The van der Waals surface area contributed by atoms with Crippen molar-refractivity contribution in [2.75, 3.05) is 7.11 Å². The molecule has 0 bridgehead atoms. The normalized spacial score (nSPS) is 11.9. The van der Waals surface area contributed by atoms with Gasteiger partial charge in [0.1, 0.15) is 0 Å². The Morgan fingerprint density at radius 3 is 2.82 bits per heavy atom. The molecule has 0 aliphatic rings. The summed E-state index contributed by atoms with van der Waals surface area (Å²) in [4.78, 5) is 23.8. The van der Waals surface area contributed by atoms with Crippen LogP contribution in [0.25, 0.3) is 0 Å². The lowest BCUT2D eigenvalue weighted by atomic mass is 10.1. The summed E-state index contributed by atoms with van der Waals surface area (Å²) in [5.74, 6) is -0.350. The number of rotatable bonds is 6. The van der Waals surface area contributed by atoms with Crippen LogP contribution < -0.4 is 5.32 Å².